The van der Waals surface area contributed by atoms with Gasteiger partial charge in [-0.3, -0.25) is 0 Å². The van der Waals surface area contributed by atoms with E-state index >= 15 is 0 Å². The average molecular weight is 395 g/mol. The second-order valence-electron chi connectivity index (χ2n) is 7.25. The van der Waals surface area contributed by atoms with Crippen LogP contribution in [0.2, 0.25) is 0 Å². The largest absolute Gasteiger partial charge is 0.447 e. The lowest BCUT2D eigenvalue weighted by molar-refractivity contribution is -0.186. The molecule has 30 heavy (non-hydrogen) atoms. The molecule has 1 saturated heterocycles. The number of rotatable bonds is 5. The molecule has 0 radical (unpaired) electrons. The van der Waals surface area contributed by atoms with Gasteiger partial charge >= 0.3 is 0 Å². The van der Waals surface area contributed by atoms with Gasteiger partial charge in [-0.25, -0.2) is 0 Å². The smallest absolute Gasteiger partial charge is 0.296 e. The van der Waals surface area contributed by atoms with E-state index in [0.717, 1.165) is 28.0 Å². The zero-order valence-corrected chi connectivity index (χ0v) is 17.5. The Hall–Kier alpha value is -3.52. The van der Waals surface area contributed by atoms with Crippen molar-refractivity contribution < 1.29 is 9.47 Å². The molecular formula is C28H26O2. The van der Waals surface area contributed by atoms with Gasteiger partial charge in [0.05, 0.1) is 0 Å². The van der Waals surface area contributed by atoms with E-state index in [1.54, 1.807) is 6.08 Å². The van der Waals surface area contributed by atoms with Gasteiger partial charge in [-0.15, -0.1) is 0 Å². The first-order valence-electron chi connectivity index (χ1n) is 10.2. The zero-order chi connectivity index (χ0) is 21.2. The maximum absolute atomic E-state index is 6.74. The zero-order valence-electron chi connectivity index (χ0n) is 17.5. The first kappa shape index (κ1) is 19.8. The van der Waals surface area contributed by atoms with Crippen LogP contribution in [-0.2, 0) is 20.7 Å². The van der Waals surface area contributed by atoms with E-state index in [9.17, 15) is 0 Å². The SMILES string of the molecule is C=C/C=C1\C(=C/C)OC2(c3ccccc3)OC(C=C)=C(/C=C\C)C12c1ccccc1. The summed E-state index contributed by atoms with van der Waals surface area (Å²) in [6.45, 7) is 12.0. The van der Waals surface area contributed by atoms with E-state index in [1.807, 2.05) is 62.4 Å². The minimum atomic E-state index is -1.09. The molecule has 0 N–H and O–H groups in total. The van der Waals surface area contributed by atoms with Crippen molar-refractivity contribution in [3.63, 3.8) is 0 Å². The second kappa shape index (κ2) is 7.72. The highest BCUT2D eigenvalue weighted by Gasteiger charge is 2.71. The highest BCUT2D eigenvalue weighted by molar-refractivity contribution is 5.67. The van der Waals surface area contributed by atoms with Crippen molar-refractivity contribution in [2.45, 2.75) is 25.0 Å². The van der Waals surface area contributed by atoms with Crippen LogP contribution >= 0.6 is 0 Å². The Bertz CT molecular complexity index is 1090. The van der Waals surface area contributed by atoms with Gasteiger partial charge in [0.2, 0.25) is 0 Å². The molecular weight excluding hydrogens is 368 g/mol. The first-order valence-corrected chi connectivity index (χ1v) is 10.2. The van der Waals surface area contributed by atoms with Gasteiger partial charge in [-0.05, 0) is 31.6 Å². The van der Waals surface area contributed by atoms with Crippen LogP contribution in [0.4, 0.5) is 0 Å². The van der Waals surface area contributed by atoms with Gasteiger partial charge in [0.15, 0.2) is 0 Å². The molecule has 2 aliphatic heterocycles. The molecule has 0 saturated carbocycles. The molecule has 0 amide bonds. The molecule has 0 spiro atoms. The van der Waals surface area contributed by atoms with E-state index < -0.39 is 11.2 Å². The standard InChI is InChI=1S/C28H26O2/c1-5-15-23-25(7-3)29-28(22-19-13-10-14-20-22)27(23,21-17-11-9-12-18-21)24(16-6-2)26(8-4)30-28/h5-20H,1,4H2,2-3H3/b16-6-,23-15+,25-7+. The monoisotopic (exact) mass is 394 g/mol. The molecule has 0 aromatic heterocycles. The first-order chi connectivity index (χ1) is 14.7. The van der Waals surface area contributed by atoms with Gasteiger partial charge in [-0.2, -0.15) is 0 Å². The van der Waals surface area contributed by atoms with E-state index in [1.165, 1.54) is 0 Å². The van der Waals surface area contributed by atoms with Crippen LogP contribution in [-0.4, -0.2) is 0 Å². The van der Waals surface area contributed by atoms with Crippen LogP contribution in [0.15, 0.2) is 133 Å². The van der Waals surface area contributed by atoms with Gasteiger partial charge in [0, 0.05) is 16.7 Å². The Kier molecular flexibility index (Phi) is 5.09. The Labute approximate surface area is 178 Å². The summed E-state index contributed by atoms with van der Waals surface area (Å²) in [5, 5.41) is 0. The molecule has 2 heteroatoms. The number of benzene rings is 2. The normalized spacial score (nSPS) is 27.9. The van der Waals surface area contributed by atoms with Crippen LogP contribution in [0, 0.1) is 0 Å². The van der Waals surface area contributed by atoms with Gasteiger partial charge in [0.1, 0.15) is 16.9 Å². The second-order valence-corrected chi connectivity index (χ2v) is 7.25. The third kappa shape index (κ3) is 2.50. The van der Waals surface area contributed by atoms with Gasteiger partial charge < -0.3 is 9.47 Å². The van der Waals surface area contributed by atoms with Crippen molar-refractivity contribution in [1.29, 1.82) is 0 Å². The molecule has 2 atom stereocenters. The van der Waals surface area contributed by atoms with Crippen LogP contribution in [0.5, 0.6) is 0 Å². The maximum Gasteiger partial charge on any atom is 0.296 e. The minimum absolute atomic E-state index is 0.714. The van der Waals surface area contributed by atoms with Crippen molar-refractivity contribution in [2.24, 2.45) is 0 Å². The number of hydrogen-bond acceptors (Lipinski definition) is 2. The highest BCUT2D eigenvalue weighted by Crippen LogP contribution is 2.67. The minimum Gasteiger partial charge on any atom is -0.447 e. The summed E-state index contributed by atoms with van der Waals surface area (Å²) in [4.78, 5) is 0. The molecule has 2 nitrogen and oxygen atoms in total. The summed E-state index contributed by atoms with van der Waals surface area (Å²) in [5.41, 5.74) is 3.34. The Morgan fingerprint density at radius 3 is 2.00 bits per heavy atom. The fourth-order valence-corrected chi connectivity index (χ4v) is 4.71. The molecule has 2 aliphatic rings. The van der Waals surface area contributed by atoms with E-state index in [4.69, 9.17) is 9.47 Å². The van der Waals surface area contributed by atoms with Gasteiger partial charge in [0.25, 0.3) is 5.79 Å². The fraction of sp³-hybridized carbons (Fsp3) is 0.143. The van der Waals surface area contributed by atoms with Crippen LogP contribution in [0.1, 0.15) is 25.0 Å². The quantitative estimate of drug-likeness (QED) is 0.551. The molecule has 0 aliphatic carbocycles. The predicted octanol–water partition coefficient (Wildman–Crippen LogP) is 6.87. The van der Waals surface area contributed by atoms with Crippen LogP contribution in [0.25, 0.3) is 0 Å². The van der Waals surface area contributed by atoms with E-state index in [-0.39, 0.29) is 0 Å². The molecule has 2 heterocycles. The molecule has 0 bridgehead atoms. The number of hydrogen-bond donors (Lipinski definition) is 0. The molecule has 2 aromatic rings. The molecule has 150 valence electrons. The molecule has 2 unspecified atom stereocenters. The number of fused-ring (bicyclic) bond motifs is 1. The van der Waals surface area contributed by atoms with E-state index in [2.05, 4.69) is 55.6 Å². The molecule has 1 fully saturated rings. The Morgan fingerprint density at radius 2 is 1.47 bits per heavy atom. The van der Waals surface area contributed by atoms with Gasteiger partial charge in [-0.1, -0.05) is 98.1 Å². The van der Waals surface area contributed by atoms with Crippen LogP contribution in [0.3, 0.4) is 0 Å². The highest BCUT2D eigenvalue weighted by atomic mass is 16.7. The predicted molar refractivity (Wildman–Crippen MR) is 122 cm³/mol. The summed E-state index contributed by atoms with van der Waals surface area (Å²) < 4.78 is 13.5. The third-order valence-electron chi connectivity index (χ3n) is 5.77. The summed E-state index contributed by atoms with van der Waals surface area (Å²) in [7, 11) is 0. The molecule has 4 rings (SSSR count). The third-order valence-corrected chi connectivity index (χ3v) is 5.77. The topological polar surface area (TPSA) is 18.5 Å². The summed E-state index contributed by atoms with van der Waals surface area (Å²) in [5.74, 6) is 0.406. The van der Waals surface area contributed by atoms with Crippen molar-refractivity contribution >= 4 is 0 Å². The number of allylic oxidation sites excluding steroid dienone is 7. The van der Waals surface area contributed by atoms with Crippen LogP contribution < -0.4 is 0 Å². The van der Waals surface area contributed by atoms with Crippen molar-refractivity contribution in [3.8, 4) is 0 Å². The summed E-state index contributed by atoms with van der Waals surface area (Å²) in [6.07, 6.45) is 11.8. The Balaban J connectivity index is 2.22. The fourth-order valence-electron chi connectivity index (χ4n) is 4.71. The lowest BCUT2D eigenvalue weighted by Gasteiger charge is -2.39. The van der Waals surface area contributed by atoms with Crippen molar-refractivity contribution in [1.82, 2.24) is 0 Å². The average Bonchev–Trinajstić information content (AvgIpc) is 3.24. The van der Waals surface area contributed by atoms with Crippen molar-refractivity contribution in [3.05, 3.63) is 144 Å². The maximum atomic E-state index is 6.74. The lowest BCUT2D eigenvalue weighted by Crippen LogP contribution is -2.45. The van der Waals surface area contributed by atoms with Crippen molar-refractivity contribution in [2.75, 3.05) is 0 Å². The summed E-state index contributed by atoms with van der Waals surface area (Å²) in [6, 6.07) is 20.5. The summed E-state index contributed by atoms with van der Waals surface area (Å²) >= 11 is 0. The lowest BCUT2D eigenvalue weighted by atomic mass is 9.63. The Morgan fingerprint density at radius 1 is 0.833 bits per heavy atom. The number of ether oxygens (including phenoxy) is 2. The van der Waals surface area contributed by atoms with E-state index in [0.29, 0.717) is 5.76 Å². The molecule has 2 aromatic carbocycles.